The van der Waals surface area contributed by atoms with Crippen LogP contribution in [0.4, 0.5) is 0 Å². The summed E-state index contributed by atoms with van der Waals surface area (Å²) in [6.45, 7) is 4.17. The van der Waals surface area contributed by atoms with E-state index in [9.17, 15) is 4.79 Å². The second-order valence-electron chi connectivity index (χ2n) is 6.64. The van der Waals surface area contributed by atoms with Crippen LogP contribution in [0.3, 0.4) is 0 Å². The lowest BCUT2D eigenvalue weighted by Crippen LogP contribution is -2.30. The van der Waals surface area contributed by atoms with Gasteiger partial charge in [0, 0.05) is 15.6 Å². The molecule has 2 aromatic carbocycles. The number of carbonyl (C=O) groups is 1. The standard InChI is InChI=1S/C20H17BrN2O/c1-20(2)11-15-7-8-16(21)9-17(15)18(23-20)10-19(24)14-5-3-13(12-22)4-6-14/h3-9H,10-11H2,1-2H3. The minimum Gasteiger partial charge on any atom is -0.294 e. The van der Waals surface area contributed by atoms with Gasteiger partial charge in [-0.05, 0) is 50.1 Å². The minimum atomic E-state index is -0.207. The molecule has 120 valence electrons. The fourth-order valence-corrected chi connectivity index (χ4v) is 3.38. The molecule has 2 aromatic rings. The molecule has 1 heterocycles. The van der Waals surface area contributed by atoms with Crippen molar-refractivity contribution in [2.24, 2.45) is 4.99 Å². The Balaban J connectivity index is 1.93. The van der Waals surface area contributed by atoms with E-state index in [0.29, 0.717) is 11.1 Å². The average Bonchev–Trinajstić information content (AvgIpc) is 2.55. The summed E-state index contributed by atoms with van der Waals surface area (Å²) in [5, 5.41) is 8.86. The number of hydrogen-bond donors (Lipinski definition) is 0. The van der Waals surface area contributed by atoms with Crippen LogP contribution in [0.15, 0.2) is 51.9 Å². The molecule has 0 unspecified atom stereocenters. The molecule has 24 heavy (non-hydrogen) atoms. The Hall–Kier alpha value is -2.25. The molecule has 4 heteroatoms. The molecule has 0 fully saturated rings. The Kier molecular flexibility index (Phi) is 4.38. The van der Waals surface area contributed by atoms with E-state index in [-0.39, 0.29) is 17.7 Å². The second kappa shape index (κ2) is 6.33. The van der Waals surface area contributed by atoms with Crippen LogP contribution < -0.4 is 0 Å². The maximum absolute atomic E-state index is 12.6. The van der Waals surface area contributed by atoms with E-state index in [2.05, 4.69) is 41.9 Å². The molecule has 0 saturated carbocycles. The molecule has 0 amide bonds. The van der Waals surface area contributed by atoms with Crippen LogP contribution in [0, 0.1) is 11.3 Å². The van der Waals surface area contributed by atoms with Gasteiger partial charge in [0.15, 0.2) is 5.78 Å². The van der Waals surface area contributed by atoms with E-state index in [1.807, 2.05) is 12.1 Å². The molecular weight excluding hydrogens is 364 g/mol. The quantitative estimate of drug-likeness (QED) is 0.723. The number of nitrogens with zero attached hydrogens (tertiary/aromatic N) is 2. The van der Waals surface area contributed by atoms with Gasteiger partial charge < -0.3 is 0 Å². The summed E-state index contributed by atoms with van der Waals surface area (Å²) in [5.74, 6) is 0.0156. The predicted octanol–water partition coefficient (Wildman–Crippen LogP) is 4.72. The Labute approximate surface area is 150 Å². The van der Waals surface area contributed by atoms with Crippen molar-refractivity contribution >= 4 is 27.4 Å². The molecule has 0 radical (unpaired) electrons. The number of hydrogen-bond acceptors (Lipinski definition) is 3. The number of fused-ring (bicyclic) bond motifs is 1. The fourth-order valence-electron chi connectivity index (χ4n) is 3.02. The van der Waals surface area contributed by atoms with Crippen LogP contribution in [0.1, 0.15) is 47.3 Å². The van der Waals surface area contributed by atoms with Crippen molar-refractivity contribution in [1.29, 1.82) is 5.26 Å². The van der Waals surface area contributed by atoms with Crippen molar-refractivity contribution < 1.29 is 4.79 Å². The number of carbonyl (C=O) groups excluding carboxylic acids is 1. The average molecular weight is 381 g/mol. The van der Waals surface area contributed by atoms with Crippen molar-refractivity contribution in [3.8, 4) is 6.07 Å². The van der Waals surface area contributed by atoms with Crippen LogP contribution in [0.25, 0.3) is 0 Å². The second-order valence-corrected chi connectivity index (χ2v) is 7.55. The number of nitriles is 1. The molecule has 0 aromatic heterocycles. The molecule has 3 rings (SSSR count). The maximum atomic E-state index is 12.6. The van der Waals surface area contributed by atoms with Gasteiger partial charge in [0.1, 0.15) is 0 Å². The lowest BCUT2D eigenvalue weighted by Gasteiger charge is -2.29. The van der Waals surface area contributed by atoms with E-state index in [1.54, 1.807) is 24.3 Å². The van der Waals surface area contributed by atoms with Gasteiger partial charge in [0.2, 0.25) is 0 Å². The van der Waals surface area contributed by atoms with Gasteiger partial charge in [-0.3, -0.25) is 9.79 Å². The highest BCUT2D eigenvalue weighted by Crippen LogP contribution is 2.30. The summed E-state index contributed by atoms with van der Waals surface area (Å²) < 4.78 is 0.986. The first-order valence-corrected chi connectivity index (χ1v) is 8.58. The van der Waals surface area contributed by atoms with Gasteiger partial charge in [-0.1, -0.05) is 34.1 Å². The topological polar surface area (TPSA) is 53.2 Å². The third-order valence-corrected chi connectivity index (χ3v) is 4.60. The molecule has 1 aliphatic rings. The molecule has 1 aliphatic heterocycles. The highest BCUT2D eigenvalue weighted by atomic mass is 79.9. The molecule has 0 bridgehead atoms. The van der Waals surface area contributed by atoms with E-state index in [4.69, 9.17) is 10.3 Å². The van der Waals surface area contributed by atoms with Gasteiger partial charge in [0.25, 0.3) is 0 Å². The first-order chi connectivity index (χ1) is 11.4. The maximum Gasteiger partial charge on any atom is 0.168 e. The van der Waals surface area contributed by atoms with Crippen LogP contribution in [-0.2, 0) is 6.42 Å². The lowest BCUT2D eigenvalue weighted by atomic mass is 9.85. The zero-order valence-electron chi connectivity index (χ0n) is 13.6. The van der Waals surface area contributed by atoms with Crippen LogP contribution in [0.2, 0.25) is 0 Å². The normalized spacial score (nSPS) is 15.2. The van der Waals surface area contributed by atoms with Crippen molar-refractivity contribution in [3.05, 3.63) is 69.2 Å². The third-order valence-electron chi connectivity index (χ3n) is 4.11. The van der Waals surface area contributed by atoms with Gasteiger partial charge in [-0.2, -0.15) is 5.26 Å². The van der Waals surface area contributed by atoms with Gasteiger partial charge in [-0.25, -0.2) is 0 Å². The molecule has 0 saturated heterocycles. The summed E-state index contributed by atoms with van der Waals surface area (Å²) in [6, 6.07) is 15.0. The summed E-state index contributed by atoms with van der Waals surface area (Å²) in [4.78, 5) is 17.5. The van der Waals surface area contributed by atoms with E-state index >= 15 is 0 Å². The fraction of sp³-hybridized carbons (Fsp3) is 0.250. The molecule has 0 N–H and O–H groups in total. The van der Waals surface area contributed by atoms with Crippen LogP contribution in [-0.4, -0.2) is 17.0 Å². The van der Waals surface area contributed by atoms with Crippen molar-refractivity contribution in [2.45, 2.75) is 32.2 Å². The Morgan fingerprint density at radius 2 is 1.96 bits per heavy atom. The lowest BCUT2D eigenvalue weighted by molar-refractivity contribution is 0.100. The molecular formula is C20H17BrN2O. The van der Waals surface area contributed by atoms with Crippen molar-refractivity contribution in [1.82, 2.24) is 0 Å². The number of ketones is 1. The summed E-state index contributed by atoms with van der Waals surface area (Å²) in [7, 11) is 0. The number of halogens is 1. The van der Waals surface area contributed by atoms with Gasteiger partial charge in [-0.15, -0.1) is 0 Å². The largest absolute Gasteiger partial charge is 0.294 e. The molecule has 3 nitrogen and oxygen atoms in total. The Morgan fingerprint density at radius 3 is 2.62 bits per heavy atom. The number of rotatable bonds is 3. The zero-order chi connectivity index (χ0) is 17.3. The van der Waals surface area contributed by atoms with E-state index in [0.717, 1.165) is 22.2 Å². The van der Waals surface area contributed by atoms with E-state index in [1.165, 1.54) is 5.56 Å². The summed E-state index contributed by atoms with van der Waals surface area (Å²) in [6.07, 6.45) is 1.13. The predicted molar refractivity (Wildman–Crippen MR) is 98.6 cm³/mol. The highest BCUT2D eigenvalue weighted by Gasteiger charge is 2.27. The molecule has 0 atom stereocenters. The Bertz CT molecular complexity index is 874. The number of Topliss-reactive ketones (excluding diaryl/α,β-unsaturated/α-hetero) is 1. The van der Waals surface area contributed by atoms with Crippen LogP contribution >= 0.6 is 15.9 Å². The number of aliphatic imine (C=N–C) groups is 1. The van der Waals surface area contributed by atoms with Crippen molar-refractivity contribution in [2.75, 3.05) is 0 Å². The highest BCUT2D eigenvalue weighted by molar-refractivity contribution is 9.10. The third kappa shape index (κ3) is 3.47. The van der Waals surface area contributed by atoms with Crippen LogP contribution in [0.5, 0.6) is 0 Å². The zero-order valence-corrected chi connectivity index (χ0v) is 15.2. The molecule has 0 spiro atoms. The Morgan fingerprint density at radius 1 is 1.25 bits per heavy atom. The first kappa shape index (κ1) is 16.6. The first-order valence-electron chi connectivity index (χ1n) is 7.79. The number of benzene rings is 2. The smallest absolute Gasteiger partial charge is 0.168 e. The van der Waals surface area contributed by atoms with E-state index < -0.39 is 0 Å². The summed E-state index contributed by atoms with van der Waals surface area (Å²) in [5.41, 5.74) is 4.05. The monoisotopic (exact) mass is 380 g/mol. The SMILES string of the molecule is CC1(C)Cc2ccc(Br)cc2C(CC(=O)c2ccc(C#N)cc2)=N1. The van der Waals surface area contributed by atoms with Gasteiger partial charge >= 0.3 is 0 Å². The minimum absolute atomic E-state index is 0.0156. The van der Waals surface area contributed by atoms with Gasteiger partial charge in [0.05, 0.1) is 29.3 Å². The summed E-state index contributed by atoms with van der Waals surface area (Å²) >= 11 is 3.50. The van der Waals surface area contributed by atoms with Crippen molar-refractivity contribution in [3.63, 3.8) is 0 Å². The molecule has 0 aliphatic carbocycles.